The van der Waals surface area contributed by atoms with Crippen LogP contribution in [0.15, 0.2) is 24.4 Å². The predicted octanol–water partition coefficient (Wildman–Crippen LogP) is 2.19. The molecule has 0 unspecified atom stereocenters. The largest absolute Gasteiger partial charge is 0.365 e. The minimum atomic E-state index is 0.0620. The highest BCUT2D eigenvalue weighted by molar-refractivity contribution is 5.78. The second-order valence-corrected chi connectivity index (χ2v) is 6.59. The van der Waals surface area contributed by atoms with Crippen LogP contribution in [0, 0.1) is 19.8 Å². The molecular formula is C18H25N5O. The van der Waals surface area contributed by atoms with E-state index in [4.69, 9.17) is 0 Å². The van der Waals surface area contributed by atoms with Gasteiger partial charge in [0.2, 0.25) is 5.91 Å². The summed E-state index contributed by atoms with van der Waals surface area (Å²) in [5, 5.41) is 4.67. The fourth-order valence-electron chi connectivity index (χ4n) is 3.31. The fourth-order valence-corrected chi connectivity index (χ4v) is 3.31. The predicted molar refractivity (Wildman–Crippen MR) is 94.5 cm³/mol. The summed E-state index contributed by atoms with van der Waals surface area (Å²) in [5.74, 6) is 1.14. The monoisotopic (exact) mass is 327 g/mol. The second kappa shape index (κ2) is 6.63. The first-order valence-electron chi connectivity index (χ1n) is 8.50. The summed E-state index contributed by atoms with van der Waals surface area (Å²) in [6.07, 6.45) is 1.78. The van der Waals surface area contributed by atoms with Crippen molar-refractivity contribution in [3.63, 3.8) is 0 Å². The lowest BCUT2D eigenvalue weighted by Crippen LogP contribution is -2.50. The van der Waals surface area contributed by atoms with Crippen molar-refractivity contribution >= 4 is 11.6 Å². The number of amides is 1. The number of carbonyl (C=O) groups is 1. The molecule has 3 rings (SSSR count). The minimum Gasteiger partial charge on any atom is -0.365 e. The van der Waals surface area contributed by atoms with Gasteiger partial charge in [-0.25, -0.2) is 9.67 Å². The van der Waals surface area contributed by atoms with E-state index >= 15 is 0 Å². The Kier molecular flexibility index (Phi) is 4.55. The van der Waals surface area contributed by atoms with E-state index in [9.17, 15) is 4.79 Å². The molecular weight excluding hydrogens is 302 g/mol. The number of aromatic nitrogens is 3. The van der Waals surface area contributed by atoms with Crippen LogP contribution in [0.25, 0.3) is 5.82 Å². The van der Waals surface area contributed by atoms with Gasteiger partial charge in [-0.2, -0.15) is 5.10 Å². The number of hydrogen-bond donors (Lipinski definition) is 0. The normalized spacial score (nSPS) is 15.2. The fraction of sp³-hybridized carbons (Fsp3) is 0.500. The number of pyridine rings is 1. The molecule has 0 N–H and O–H groups in total. The highest BCUT2D eigenvalue weighted by Crippen LogP contribution is 2.27. The van der Waals surface area contributed by atoms with Crippen LogP contribution in [-0.4, -0.2) is 51.8 Å². The van der Waals surface area contributed by atoms with Crippen LogP contribution >= 0.6 is 0 Å². The van der Waals surface area contributed by atoms with Crippen LogP contribution in [0.5, 0.6) is 0 Å². The van der Waals surface area contributed by atoms with Crippen LogP contribution in [-0.2, 0) is 4.79 Å². The molecule has 1 amide bonds. The highest BCUT2D eigenvalue weighted by atomic mass is 16.2. The number of hydrogen-bond acceptors (Lipinski definition) is 4. The van der Waals surface area contributed by atoms with E-state index in [-0.39, 0.29) is 11.8 Å². The summed E-state index contributed by atoms with van der Waals surface area (Å²) in [6.45, 7) is 11.3. The topological polar surface area (TPSA) is 54.3 Å². The zero-order chi connectivity index (χ0) is 17.3. The van der Waals surface area contributed by atoms with Gasteiger partial charge >= 0.3 is 0 Å². The Morgan fingerprint density at radius 1 is 1.12 bits per heavy atom. The molecule has 0 bridgehead atoms. The first-order chi connectivity index (χ1) is 11.5. The highest BCUT2D eigenvalue weighted by Gasteiger charge is 2.26. The maximum Gasteiger partial charge on any atom is 0.225 e. The first kappa shape index (κ1) is 16.5. The van der Waals surface area contributed by atoms with Crippen molar-refractivity contribution in [3.05, 3.63) is 35.8 Å². The standard InChI is InChI=1S/C18H25N5O/c1-13(2)18(24)22-11-9-21(10-12-22)17-14(3)20-23(15(17)4)16-7-5-6-8-19-16/h5-8,13H,9-12H2,1-4H3. The van der Waals surface area contributed by atoms with Crippen molar-refractivity contribution in [3.8, 4) is 5.82 Å². The molecule has 1 fully saturated rings. The van der Waals surface area contributed by atoms with Gasteiger partial charge in [-0.3, -0.25) is 4.79 Å². The van der Waals surface area contributed by atoms with Gasteiger partial charge in [0.1, 0.15) is 0 Å². The molecule has 6 heteroatoms. The molecule has 0 aliphatic carbocycles. The molecule has 0 radical (unpaired) electrons. The number of rotatable bonds is 3. The molecule has 1 aliphatic rings. The SMILES string of the molecule is Cc1nn(-c2ccccn2)c(C)c1N1CCN(C(=O)C(C)C)CC1. The average Bonchev–Trinajstić information content (AvgIpc) is 2.89. The third kappa shape index (κ3) is 3.00. The van der Waals surface area contributed by atoms with Crippen molar-refractivity contribution < 1.29 is 4.79 Å². The van der Waals surface area contributed by atoms with Gasteiger partial charge in [-0.05, 0) is 26.0 Å². The summed E-state index contributed by atoms with van der Waals surface area (Å²) in [7, 11) is 0. The molecule has 0 saturated carbocycles. The molecule has 24 heavy (non-hydrogen) atoms. The van der Waals surface area contributed by atoms with Crippen LogP contribution in [0.2, 0.25) is 0 Å². The smallest absolute Gasteiger partial charge is 0.225 e. The molecule has 6 nitrogen and oxygen atoms in total. The Hall–Kier alpha value is -2.37. The molecule has 2 aromatic rings. The van der Waals surface area contributed by atoms with Crippen molar-refractivity contribution in [1.82, 2.24) is 19.7 Å². The number of anilines is 1. The zero-order valence-electron chi connectivity index (χ0n) is 14.9. The lowest BCUT2D eigenvalue weighted by Gasteiger charge is -2.37. The molecule has 0 aromatic carbocycles. The summed E-state index contributed by atoms with van der Waals surface area (Å²) >= 11 is 0. The summed E-state index contributed by atoms with van der Waals surface area (Å²) in [5.41, 5.74) is 3.26. The Bertz CT molecular complexity index is 715. The number of nitrogens with zero attached hydrogens (tertiary/aromatic N) is 5. The van der Waals surface area contributed by atoms with E-state index in [1.54, 1.807) is 6.20 Å². The third-order valence-electron chi connectivity index (χ3n) is 4.52. The minimum absolute atomic E-state index is 0.0620. The maximum atomic E-state index is 12.1. The molecule has 0 spiro atoms. The maximum absolute atomic E-state index is 12.1. The molecule has 2 aromatic heterocycles. The van der Waals surface area contributed by atoms with Gasteiger partial charge in [0.25, 0.3) is 0 Å². The van der Waals surface area contributed by atoms with E-state index in [1.165, 1.54) is 0 Å². The lowest BCUT2D eigenvalue weighted by molar-refractivity contribution is -0.134. The summed E-state index contributed by atoms with van der Waals surface area (Å²) in [6, 6.07) is 5.83. The van der Waals surface area contributed by atoms with Crippen LogP contribution in [0.3, 0.4) is 0 Å². The molecule has 128 valence electrons. The van der Waals surface area contributed by atoms with Gasteiger partial charge in [-0.15, -0.1) is 0 Å². The van der Waals surface area contributed by atoms with E-state index < -0.39 is 0 Å². The van der Waals surface area contributed by atoms with E-state index in [2.05, 4.69) is 21.9 Å². The number of carbonyl (C=O) groups excluding carboxylic acids is 1. The van der Waals surface area contributed by atoms with Crippen molar-refractivity contribution in [2.75, 3.05) is 31.1 Å². The Morgan fingerprint density at radius 2 is 1.83 bits per heavy atom. The van der Waals surface area contributed by atoms with E-state index in [0.717, 1.165) is 49.1 Å². The van der Waals surface area contributed by atoms with Gasteiger partial charge in [0.15, 0.2) is 5.82 Å². The number of piperazine rings is 1. The average molecular weight is 327 g/mol. The summed E-state index contributed by atoms with van der Waals surface area (Å²) < 4.78 is 1.90. The molecule has 1 aliphatic heterocycles. The quantitative estimate of drug-likeness (QED) is 0.867. The van der Waals surface area contributed by atoms with Gasteiger partial charge in [-0.1, -0.05) is 19.9 Å². The third-order valence-corrected chi connectivity index (χ3v) is 4.52. The second-order valence-electron chi connectivity index (χ2n) is 6.59. The van der Waals surface area contributed by atoms with Gasteiger partial charge in [0, 0.05) is 38.3 Å². The molecule has 0 atom stereocenters. The van der Waals surface area contributed by atoms with E-state index in [1.807, 2.05) is 48.6 Å². The lowest BCUT2D eigenvalue weighted by atomic mass is 10.1. The van der Waals surface area contributed by atoms with Crippen molar-refractivity contribution in [2.45, 2.75) is 27.7 Å². The van der Waals surface area contributed by atoms with Crippen LogP contribution < -0.4 is 4.90 Å². The molecule has 1 saturated heterocycles. The van der Waals surface area contributed by atoms with Crippen molar-refractivity contribution in [2.24, 2.45) is 5.92 Å². The van der Waals surface area contributed by atoms with Crippen LogP contribution in [0.1, 0.15) is 25.2 Å². The molecule has 3 heterocycles. The Balaban J connectivity index is 1.80. The zero-order valence-corrected chi connectivity index (χ0v) is 14.9. The van der Waals surface area contributed by atoms with Gasteiger partial charge in [0.05, 0.1) is 17.1 Å². The van der Waals surface area contributed by atoms with Gasteiger partial charge < -0.3 is 9.80 Å². The Labute approximate surface area is 143 Å². The van der Waals surface area contributed by atoms with Crippen molar-refractivity contribution in [1.29, 1.82) is 0 Å². The first-order valence-corrected chi connectivity index (χ1v) is 8.50. The Morgan fingerprint density at radius 3 is 2.42 bits per heavy atom. The number of aryl methyl sites for hydroxylation is 1. The van der Waals surface area contributed by atoms with E-state index in [0.29, 0.717) is 0 Å². The van der Waals surface area contributed by atoms with Crippen LogP contribution in [0.4, 0.5) is 5.69 Å². The summed E-state index contributed by atoms with van der Waals surface area (Å²) in [4.78, 5) is 20.8.